The zero-order valence-electron chi connectivity index (χ0n) is 30.8. The number of fused-ring (bicyclic) bond motifs is 10. The van der Waals surface area contributed by atoms with Crippen LogP contribution < -0.4 is 0 Å². The highest BCUT2D eigenvalue weighted by Gasteiger charge is 2.46. The number of hydrogen-bond donors (Lipinski definition) is 0. The van der Waals surface area contributed by atoms with Gasteiger partial charge in [-0.15, -0.1) is 22.7 Å². The molecule has 58 heavy (non-hydrogen) atoms. The summed E-state index contributed by atoms with van der Waals surface area (Å²) in [4.78, 5) is 65.8. The number of benzene rings is 5. The Labute approximate surface area is 334 Å². The molecule has 0 radical (unpaired) electrons. The lowest BCUT2D eigenvalue weighted by Gasteiger charge is -2.23. The number of carbonyl (C=O) groups excluding carboxylic acids is 4. The van der Waals surface area contributed by atoms with Gasteiger partial charge in [0.2, 0.25) is 0 Å². The number of halogens is 4. The molecule has 4 aliphatic rings. The first-order chi connectivity index (χ1) is 27.5. The Bertz CT molecular complexity index is 2970. The number of nitrogens with zero attached hydrogens (tertiary/aromatic N) is 2. The second kappa shape index (κ2) is 11.2. The van der Waals surface area contributed by atoms with Crippen LogP contribution in [0.2, 0.25) is 0 Å². The minimum atomic E-state index is -1.04. The fourth-order valence-corrected chi connectivity index (χ4v) is 11.3. The maximum Gasteiger partial charge on any atom is 0.197 e. The summed E-state index contributed by atoms with van der Waals surface area (Å²) >= 11 is 2.76. The molecular formula is C46H24F4N2O4S2. The van der Waals surface area contributed by atoms with Crippen molar-refractivity contribution in [3.63, 3.8) is 0 Å². The van der Waals surface area contributed by atoms with Crippen LogP contribution in [0.4, 0.5) is 17.6 Å². The Morgan fingerprint density at radius 3 is 1.03 bits per heavy atom. The average molecular weight is 809 g/mol. The third-order valence-electron chi connectivity index (χ3n) is 12.0. The number of Topliss-reactive ketones (excluding diaryl/α,β-unsaturated/α-hetero) is 4. The molecule has 11 rings (SSSR count). The first-order valence-corrected chi connectivity index (χ1v) is 19.8. The summed E-state index contributed by atoms with van der Waals surface area (Å²) in [5.74, 6) is -6.15. The van der Waals surface area contributed by atoms with E-state index < -0.39 is 57.2 Å². The van der Waals surface area contributed by atoms with Gasteiger partial charge in [0.05, 0.1) is 32.3 Å². The molecule has 0 amide bonds. The highest BCUT2D eigenvalue weighted by atomic mass is 32.1. The lowest BCUT2D eigenvalue weighted by atomic mass is 9.81. The molecular weight excluding hydrogens is 785 g/mol. The topological polar surface area (TPSA) is 94.1 Å². The molecule has 0 saturated carbocycles. The quantitative estimate of drug-likeness (QED) is 0.0981. The number of rotatable bonds is 2. The monoisotopic (exact) mass is 808 g/mol. The largest absolute Gasteiger partial charge is 0.288 e. The number of thiazole rings is 2. The Balaban J connectivity index is 0.943. The smallest absolute Gasteiger partial charge is 0.197 e. The number of ketones is 4. The van der Waals surface area contributed by atoms with Crippen molar-refractivity contribution in [2.45, 2.75) is 38.5 Å². The first-order valence-electron chi connectivity index (χ1n) is 18.2. The lowest BCUT2D eigenvalue weighted by molar-refractivity contribution is 0.0975. The van der Waals surface area contributed by atoms with Crippen LogP contribution in [0.1, 0.15) is 102 Å². The molecule has 0 atom stereocenters. The zero-order chi connectivity index (χ0) is 40.5. The molecule has 0 bridgehead atoms. The van der Waals surface area contributed by atoms with Crippen LogP contribution in [0, 0.1) is 23.3 Å². The van der Waals surface area contributed by atoms with Crippen LogP contribution >= 0.6 is 22.7 Å². The summed E-state index contributed by atoms with van der Waals surface area (Å²) in [7, 11) is 0. The van der Waals surface area contributed by atoms with Crippen molar-refractivity contribution < 1.29 is 36.7 Å². The van der Waals surface area contributed by atoms with Gasteiger partial charge in [-0.1, -0.05) is 27.7 Å². The van der Waals surface area contributed by atoms with Gasteiger partial charge in [0.15, 0.2) is 46.4 Å². The molecule has 0 aliphatic heterocycles. The van der Waals surface area contributed by atoms with E-state index in [9.17, 15) is 36.7 Å². The van der Waals surface area contributed by atoms with Crippen molar-refractivity contribution in [1.29, 1.82) is 0 Å². The maximum absolute atomic E-state index is 14.0. The third kappa shape index (κ3) is 4.52. The number of hydrogen-bond acceptors (Lipinski definition) is 8. The van der Waals surface area contributed by atoms with E-state index in [0.717, 1.165) is 67.7 Å². The SMILES string of the molecule is CC1(C)c2cc3c(cc2-c2sc(C=C4C(=O)c5cc6cc(F)c(F)cc6cc5C4=O)nc21)C(C)(C)c1nc(C=C2C(=O)c4cc5cc(F)c(F)cc5cc4C2=O)sc1-3. The summed E-state index contributed by atoms with van der Waals surface area (Å²) in [6, 6.07) is 14.1. The summed E-state index contributed by atoms with van der Waals surface area (Å²) in [6.07, 6.45) is 3.01. The van der Waals surface area contributed by atoms with Gasteiger partial charge >= 0.3 is 0 Å². The molecule has 0 fully saturated rings. The maximum atomic E-state index is 14.0. The zero-order valence-corrected chi connectivity index (χ0v) is 32.4. The predicted octanol–water partition coefficient (Wildman–Crippen LogP) is 11.0. The standard InChI is InChI=1S/C46H24F4N2O4S2/c1-45(2)29-13-26-30(14-25(29)41-43(45)51-35(57-41)15-27-37(53)21-5-17-9-31(47)32(48)10-18(17)6-22(21)38(27)54)46(3,4)44-42(26)58-36(52-44)16-28-39(55)23-7-19-11-33(49)34(50)12-20(19)8-24(23)40(28)56/h5-16H,1-4H3. The summed E-state index contributed by atoms with van der Waals surface area (Å²) in [5, 5.41) is 2.24. The van der Waals surface area contributed by atoms with Crippen molar-refractivity contribution in [2.24, 2.45) is 0 Å². The molecule has 7 aromatic rings. The van der Waals surface area contributed by atoms with Crippen LogP contribution in [0.5, 0.6) is 0 Å². The van der Waals surface area contributed by atoms with E-state index in [0.29, 0.717) is 31.6 Å². The van der Waals surface area contributed by atoms with Gasteiger partial charge in [-0.25, -0.2) is 27.5 Å². The minimum Gasteiger partial charge on any atom is -0.288 e. The van der Waals surface area contributed by atoms with Gasteiger partial charge in [0.1, 0.15) is 10.0 Å². The lowest BCUT2D eigenvalue weighted by Crippen LogP contribution is -2.18. The number of aromatic nitrogens is 2. The molecule has 12 heteroatoms. The van der Waals surface area contributed by atoms with E-state index in [-0.39, 0.29) is 33.4 Å². The van der Waals surface area contributed by atoms with Crippen molar-refractivity contribution in [1.82, 2.24) is 9.97 Å². The van der Waals surface area contributed by atoms with E-state index in [2.05, 4.69) is 39.8 Å². The fourth-order valence-electron chi connectivity index (χ4n) is 8.91. The molecule has 6 nitrogen and oxygen atoms in total. The molecule has 0 unspecified atom stereocenters. The van der Waals surface area contributed by atoms with Crippen LogP contribution in [-0.2, 0) is 10.8 Å². The molecule has 2 aromatic heterocycles. The highest BCUT2D eigenvalue weighted by molar-refractivity contribution is 7.16. The third-order valence-corrected chi connectivity index (χ3v) is 14.1. The van der Waals surface area contributed by atoms with Crippen LogP contribution in [0.3, 0.4) is 0 Å². The van der Waals surface area contributed by atoms with Crippen molar-refractivity contribution >= 4 is 79.5 Å². The van der Waals surface area contributed by atoms with Crippen molar-refractivity contribution in [2.75, 3.05) is 0 Å². The Kier molecular flexibility index (Phi) is 6.77. The van der Waals surface area contributed by atoms with E-state index in [1.54, 1.807) is 0 Å². The first kappa shape index (κ1) is 35.0. The summed E-state index contributed by atoms with van der Waals surface area (Å²) in [5.41, 5.74) is 4.98. The normalized spacial score (nSPS) is 16.6. The van der Waals surface area contributed by atoms with Gasteiger partial charge in [-0.3, -0.25) is 19.2 Å². The van der Waals surface area contributed by atoms with E-state index in [1.165, 1.54) is 59.1 Å². The Hall–Kier alpha value is -6.24. The van der Waals surface area contributed by atoms with Gasteiger partial charge in [-0.2, -0.15) is 0 Å². The summed E-state index contributed by atoms with van der Waals surface area (Å²) in [6.45, 7) is 8.27. The van der Waals surface area contributed by atoms with E-state index in [4.69, 9.17) is 9.97 Å². The molecule has 5 aromatic carbocycles. The van der Waals surface area contributed by atoms with E-state index in [1.807, 2.05) is 0 Å². The second-order valence-corrected chi connectivity index (χ2v) is 18.2. The highest BCUT2D eigenvalue weighted by Crippen LogP contribution is 2.58. The van der Waals surface area contributed by atoms with Crippen LogP contribution in [0.15, 0.2) is 71.8 Å². The van der Waals surface area contributed by atoms with Gasteiger partial charge in [0, 0.05) is 33.1 Å². The van der Waals surface area contributed by atoms with Gasteiger partial charge < -0.3 is 0 Å². The minimum absolute atomic E-state index is 0.0582. The number of allylic oxidation sites excluding steroid dienone is 2. The Morgan fingerprint density at radius 2 is 0.741 bits per heavy atom. The fraction of sp³-hybridized carbons (Fsp3) is 0.130. The summed E-state index contributed by atoms with van der Waals surface area (Å²) < 4.78 is 55.9. The van der Waals surface area contributed by atoms with E-state index >= 15 is 0 Å². The molecule has 0 spiro atoms. The molecule has 4 aliphatic carbocycles. The van der Waals surface area contributed by atoms with Crippen LogP contribution in [-0.4, -0.2) is 33.1 Å². The molecule has 282 valence electrons. The second-order valence-electron chi connectivity index (χ2n) is 16.1. The molecule has 2 heterocycles. The number of carbonyl (C=O) groups is 4. The van der Waals surface area contributed by atoms with Gasteiger partial charge in [-0.05, 0) is 117 Å². The van der Waals surface area contributed by atoms with Crippen LogP contribution in [0.25, 0.3) is 54.6 Å². The van der Waals surface area contributed by atoms with Gasteiger partial charge in [0.25, 0.3) is 0 Å². The predicted molar refractivity (Wildman–Crippen MR) is 214 cm³/mol. The Morgan fingerprint density at radius 1 is 0.448 bits per heavy atom. The van der Waals surface area contributed by atoms with Crippen molar-refractivity contribution in [3.8, 4) is 20.9 Å². The van der Waals surface area contributed by atoms with Crippen molar-refractivity contribution in [3.05, 3.63) is 150 Å². The molecule has 0 saturated heterocycles. The average Bonchev–Trinajstić information content (AvgIpc) is 3.98. The molecule has 0 N–H and O–H groups in total.